The number of rotatable bonds is 5. The first-order valence-electron chi connectivity index (χ1n) is 8.97. The third-order valence-corrected chi connectivity index (χ3v) is 4.81. The number of nitrogens with one attached hydrogen (secondary N) is 1. The molecule has 32 heavy (non-hydrogen) atoms. The number of nitro groups is 1. The highest BCUT2D eigenvalue weighted by Gasteiger charge is 2.68. The molecular weight excluding hydrogens is 435 g/mol. The van der Waals surface area contributed by atoms with Gasteiger partial charge in [0.1, 0.15) is 6.54 Å². The smallest absolute Gasteiger partial charge is 0.337 e. The Morgan fingerprint density at radius 1 is 1.12 bits per heavy atom. The summed E-state index contributed by atoms with van der Waals surface area (Å²) >= 11 is 0. The lowest BCUT2D eigenvalue weighted by molar-refractivity contribution is -0.384. The molecule has 1 aliphatic rings. The highest BCUT2D eigenvalue weighted by molar-refractivity contribution is 6.08. The number of halogens is 3. The van der Waals surface area contributed by atoms with Crippen LogP contribution < -0.4 is 5.32 Å². The molecule has 2 aromatic carbocycles. The molecule has 0 spiro atoms. The quantitative estimate of drug-likeness (QED) is 0.361. The SMILES string of the molecule is O=C1NC(c2ccccc2)(C(F)(F)F)C(=O)N1Cc1nc(-c2cccc([N+](=O)[O-])c2)no1. The lowest BCUT2D eigenvalue weighted by atomic mass is 9.89. The number of non-ortho nitro benzene ring substituents is 1. The molecule has 1 atom stereocenters. The zero-order valence-electron chi connectivity index (χ0n) is 15.9. The average molecular weight is 447 g/mol. The Balaban J connectivity index is 1.64. The predicted molar refractivity (Wildman–Crippen MR) is 99.6 cm³/mol. The first-order valence-corrected chi connectivity index (χ1v) is 8.97. The van der Waals surface area contributed by atoms with Crippen LogP contribution in [-0.2, 0) is 16.9 Å². The Hall–Kier alpha value is -4.29. The first-order chi connectivity index (χ1) is 15.1. The van der Waals surface area contributed by atoms with Crippen molar-refractivity contribution < 1.29 is 32.2 Å². The fourth-order valence-electron chi connectivity index (χ4n) is 3.29. The van der Waals surface area contributed by atoms with Gasteiger partial charge in [-0.25, -0.2) is 4.79 Å². The van der Waals surface area contributed by atoms with E-state index in [1.807, 2.05) is 0 Å². The van der Waals surface area contributed by atoms with Crippen molar-refractivity contribution in [2.75, 3.05) is 0 Å². The number of nitro benzene ring substituents is 1. The number of hydrogen-bond acceptors (Lipinski definition) is 7. The maximum atomic E-state index is 14.0. The zero-order valence-corrected chi connectivity index (χ0v) is 15.9. The van der Waals surface area contributed by atoms with Gasteiger partial charge in [-0.05, 0) is 5.56 Å². The van der Waals surface area contributed by atoms with E-state index in [4.69, 9.17) is 4.52 Å². The third kappa shape index (κ3) is 3.33. The maximum absolute atomic E-state index is 14.0. The van der Waals surface area contributed by atoms with Crippen LogP contribution in [0, 0.1) is 10.1 Å². The standard InChI is InChI=1S/C19H12F3N5O5/c20-19(21,22)18(12-6-2-1-3-7-12)16(28)26(17(29)24-18)10-14-23-15(25-32-14)11-5-4-8-13(9-11)27(30)31/h1-9H,10H2,(H,24,29). The van der Waals surface area contributed by atoms with Gasteiger partial charge in [0.15, 0.2) is 0 Å². The number of hydrogen-bond donors (Lipinski definition) is 1. The average Bonchev–Trinajstić information content (AvgIpc) is 3.33. The number of amides is 3. The normalized spacial score (nSPS) is 18.7. The number of benzene rings is 2. The van der Waals surface area contributed by atoms with Crippen LogP contribution in [-0.4, -0.2) is 38.1 Å². The second kappa shape index (κ2) is 7.44. The van der Waals surface area contributed by atoms with Crippen LogP contribution in [0.15, 0.2) is 59.1 Å². The van der Waals surface area contributed by atoms with Crippen LogP contribution in [0.4, 0.5) is 23.7 Å². The van der Waals surface area contributed by atoms with Crippen molar-refractivity contribution in [1.29, 1.82) is 0 Å². The molecule has 0 saturated carbocycles. The topological polar surface area (TPSA) is 131 Å². The number of alkyl halides is 3. The molecule has 1 aromatic heterocycles. The lowest BCUT2D eigenvalue weighted by Crippen LogP contribution is -2.55. The van der Waals surface area contributed by atoms with Crippen molar-refractivity contribution in [3.05, 3.63) is 76.2 Å². The molecule has 1 unspecified atom stereocenters. The van der Waals surface area contributed by atoms with Crippen molar-refractivity contribution in [2.24, 2.45) is 0 Å². The van der Waals surface area contributed by atoms with Gasteiger partial charge in [-0.1, -0.05) is 47.6 Å². The monoisotopic (exact) mass is 447 g/mol. The Bertz CT molecular complexity index is 1210. The minimum Gasteiger partial charge on any atom is -0.337 e. The number of nitrogens with zero attached hydrogens (tertiary/aromatic N) is 4. The van der Waals surface area contributed by atoms with E-state index in [2.05, 4.69) is 10.1 Å². The van der Waals surface area contributed by atoms with E-state index >= 15 is 0 Å². The van der Waals surface area contributed by atoms with Crippen molar-refractivity contribution in [1.82, 2.24) is 20.4 Å². The summed E-state index contributed by atoms with van der Waals surface area (Å²) in [6, 6.07) is 10.3. The fourth-order valence-corrected chi connectivity index (χ4v) is 3.29. The molecule has 0 bridgehead atoms. The van der Waals surface area contributed by atoms with Crippen LogP contribution >= 0.6 is 0 Å². The van der Waals surface area contributed by atoms with E-state index in [-0.39, 0.29) is 23.0 Å². The van der Waals surface area contributed by atoms with Crippen LogP contribution in [0.3, 0.4) is 0 Å². The molecule has 164 valence electrons. The molecular formula is C19H12F3N5O5. The van der Waals surface area contributed by atoms with E-state index < -0.39 is 40.7 Å². The van der Waals surface area contributed by atoms with Gasteiger partial charge in [-0.2, -0.15) is 18.2 Å². The molecule has 1 fully saturated rings. The number of carbonyl (C=O) groups is 2. The van der Waals surface area contributed by atoms with Crippen LogP contribution in [0.2, 0.25) is 0 Å². The Labute approximate surface area is 176 Å². The summed E-state index contributed by atoms with van der Waals surface area (Å²) in [7, 11) is 0. The lowest BCUT2D eigenvalue weighted by Gasteiger charge is -2.29. The number of carbonyl (C=O) groups excluding carboxylic acids is 2. The summed E-state index contributed by atoms with van der Waals surface area (Å²) < 4.78 is 46.9. The Morgan fingerprint density at radius 3 is 2.50 bits per heavy atom. The molecule has 1 aliphatic heterocycles. The predicted octanol–water partition coefficient (Wildman–Crippen LogP) is 3.15. The summed E-state index contributed by atoms with van der Waals surface area (Å²) in [5, 5.41) is 16.3. The van der Waals surface area contributed by atoms with Gasteiger partial charge in [0.25, 0.3) is 11.6 Å². The van der Waals surface area contributed by atoms with Crippen molar-refractivity contribution >= 4 is 17.6 Å². The highest BCUT2D eigenvalue weighted by Crippen LogP contribution is 2.43. The molecule has 1 saturated heterocycles. The summed E-state index contributed by atoms with van der Waals surface area (Å²) in [5.74, 6) is -1.97. The Morgan fingerprint density at radius 2 is 1.84 bits per heavy atom. The number of aromatic nitrogens is 2. The summed E-state index contributed by atoms with van der Waals surface area (Å²) in [6.07, 6.45) is -5.13. The van der Waals surface area contributed by atoms with Crippen molar-refractivity contribution in [2.45, 2.75) is 18.3 Å². The van der Waals surface area contributed by atoms with Crippen LogP contribution in [0.1, 0.15) is 11.5 Å². The fraction of sp³-hybridized carbons (Fsp3) is 0.158. The second-order valence-corrected chi connectivity index (χ2v) is 6.75. The van der Waals surface area contributed by atoms with E-state index in [1.165, 1.54) is 42.5 Å². The molecule has 2 heterocycles. The summed E-state index contributed by atoms with van der Waals surface area (Å²) in [4.78, 5) is 39.7. The largest absolute Gasteiger partial charge is 0.425 e. The minimum absolute atomic E-state index is 0.0964. The molecule has 13 heteroatoms. The number of imide groups is 1. The molecule has 0 radical (unpaired) electrons. The molecule has 4 rings (SSSR count). The summed E-state index contributed by atoms with van der Waals surface area (Å²) in [6.45, 7) is -0.725. The van der Waals surface area contributed by atoms with Crippen molar-refractivity contribution in [3.8, 4) is 11.4 Å². The summed E-state index contributed by atoms with van der Waals surface area (Å²) in [5.41, 5.74) is -3.73. The minimum atomic E-state index is -5.13. The van der Waals surface area contributed by atoms with E-state index in [0.29, 0.717) is 4.90 Å². The number of urea groups is 1. The molecule has 3 amide bonds. The van der Waals surface area contributed by atoms with Gasteiger partial charge in [-0.15, -0.1) is 0 Å². The van der Waals surface area contributed by atoms with Gasteiger partial charge in [0, 0.05) is 17.7 Å². The van der Waals surface area contributed by atoms with Crippen LogP contribution in [0.25, 0.3) is 11.4 Å². The zero-order chi connectivity index (χ0) is 23.1. The maximum Gasteiger partial charge on any atom is 0.425 e. The van der Waals surface area contributed by atoms with E-state index in [1.54, 1.807) is 5.32 Å². The molecule has 1 N–H and O–H groups in total. The molecule has 0 aliphatic carbocycles. The van der Waals surface area contributed by atoms with Gasteiger partial charge >= 0.3 is 12.2 Å². The third-order valence-electron chi connectivity index (χ3n) is 4.81. The van der Waals surface area contributed by atoms with Gasteiger partial charge in [0.2, 0.25) is 17.3 Å². The van der Waals surface area contributed by atoms with Gasteiger partial charge < -0.3 is 9.84 Å². The Kier molecular flexibility index (Phi) is 4.87. The van der Waals surface area contributed by atoms with Gasteiger partial charge in [-0.3, -0.25) is 19.8 Å². The van der Waals surface area contributed by atoms with Crippen LogP contribution in [0.5, 0.6) is 0 Å². The molecule has 3 aromatic rings. The highest BCUT2D eigenvalue weighted by atomic mass is 19.4. The first kappa shape index (κ1) is 21.0. The van der Waals surface area contributed by atoms with Gasteiger partial charge in [0.05, 0.1) is 4.92 Å². The second-order valence-electron chi connectivity index (χ2n) is 6.75. The molecule has 10 nitrogen and oxygen atoms in total. The van der Waals surface area contributed by atoms with Crippen molar-refractivity contribution in [3.63, 3.8) is 0 Å². The van der Waals surface area contributed by atoms with E-state index in [9.17, 15) is 32.9 Å². The van der Waals surface area contributed by atoms with E-state index in [0.717, 1.165) is 12.1 Å².